The number of aromatic nitrogens is 3. The summed E-state index contributed by atoms with van der Waals surface area (Å²) in [5.41, 5.74) is 0.477. The molecule has 1 aromatic carbocycles. The van der Waals surface area contributed by atoms with Crippen LogP contribution >= 0.6 is 11.3 Å². The summed E-state index contributed by atoms with van der Waals surface area (Å²) in [6.45, 7) is 3.73. The van der Waals surface area contributed by atoms with Crippen molar-refractivity contribution in [3.63, 3.8) is 0 Å². The van der Waals surface area contributed by atoms with Gasteiger partial charge < -0.3 is 10.1 Å². The highest BCUT2D eigenvalue weighted by Crippen LogP contribution is 2.15. The second-order valence-electron chi connectivity index (χ2n) is 6.58. The van der Waals surface area contributed by atoms with Crippen LogP contribution in [-0.4, -0.2) is 33.0 Å². The Hall–Kier alpha value is -3.07. The first-order valence-electron chi connectivity index (χ1n) is 8.80. The first-order valence-corrected chi connectivity index (χ1v) is 9.61. The summed E-state index contributed by atoms with van der Waals surface area (Å²) in [7, 11) is 0. The van der Waals surface area contributed by atoms with Crippen molar-refractivity contribution in [3.8, 4) is 0 Å². The van der Waals surface area contributed by atoms with Gasteiger partial charge >= 0.3 is 5.97 Å². The number of ether oxygens (including phenoxy) is 1. The zero-order chi connectivity index (χ0) is 20.1. The number of benzene rings is 1. The van der Waals surface area contributed by atoms with Crippen LogP contribution in [0.25, 0.3) is 4.96 Å². The average Bonchev–Trinajstić information content (AvgIpc) is 3.07. The van der Waals surface area contributed by atoms with E-state index < -0.39 is 5.97 Å². The first kappa shape index (κ1) is 19.7. The molecule has 1 amide bonds. The third-order valence-electron chi connectivity index (χ3n) is 3.73. The molecule has 9 heteroatoms. The Bertz CT molecular complexity index is 1040. The number of rotatable bonds is 7. The van der Waals surface area contributed by atoms with Gasteiger partial charge in [-0.2, -0.15) is 9.61 Å². The van der Waals surface area contributed by atoms with Gasteiger partial charge in [-0.25, -0.2) is 4.98 Å². The van der Waals surface area contributed by atoms with Crippen molar-refractivity contribution >= 4 is 28.2 Å². The number of amides is 1. The summed E-state index contributed by atoms with van der Waals surface area (Å²) >= 11 is 1.34. The molecular formula is C19H20N4O4S. The molecular weight excluding hydrogens is 380 g/mol. The topological polar surface area (TPSA) is 103 Å². The van der Waals surface area contributed by atoms with E-state index in [-0.39, 0.29) is 24.6 Å². The zero-order valence-corrected chi connectivity index (χ0v) is 16.4. The van der Waals surface area contributed by atoms with E-state index in [2.05, 4.69) is 29.2 Å². The van der Waals surface area contributed by atoms with E-state index in [9.17, 15) is 14.4 Å². The molecule has 0 fully saturated rings. The van der Waals surface area contributed by atoms with Gasteiger partial charge in [0.25, 0.3) is 11.5 Å². The first-order chi connectivity index (χ1) is 13.4. The van der Waals surface area contributed by atoms with Crippen molar-refractivity contribution in [1.82, 2.24) is 19.9 Å². The summed E-state index contributed by atoms with van der Waals surface area (Å²) in [4.78, 5) is 40.8. The molecule has 0 spiro atoms. The van der Waals surface area contributed by atoms with E-state index in [1.165, 1.54) is 21.9 Å². The van der Waals surface area contributed by atoms with Crippen LogP contribution in [0.3, 0.4) is 0 Å². The minimum absolute atomic E-state index is 0.150. The highest BCUT2D eigenvalue weighted by Gasteiger charge is 2.12. The van der Waals surface area contributed by atoms with Crippen molar-refractivity contribution in [2.75, 3.05) is 6.54 Å². The largest absolute Gasteiger partial charge is 0.458 e. The minimum atomic E-state index is -0.615. The molecule has 0 bridgehead atoms. The number of fused-ring (bicyclic) bond motifs is 1. The smallest absolute Gasteiger partial charge is 0.325 e. The van der Waals surface area contributed by atoms with E-state index in [1.807, 2.05) is 0 Å². The molecule has 2 heterocycles. The summed E-state index contributed by atoms with van der Waals surface area (Å²) in [5.74, 6) is -0.559. The van der Waals surface area contributed by atoms with Crippen LogP contribution in [0.1, 0.15) is 34.9 Å². The lowest BCUT2D eigenvalue weighted by Gasteiger charge is -2.06. The van der Waals surface area contributed by atoms with Crippen molar-refractivity contribution in [1.29, 1.82) is 0 Å². The van der Waals surface area contributed by atoms with Gasteiger partial charge in [0.2, 0.25) is 4.96 Å². The van der Waals surface area contributed by atoms with Crippen molar-refractivity contribution in [2.45, 2.75) is 26.9 Å². The Kier molecular flexibility index (Phi) is 6.15. The van der Waals surface area contributed by atoms with Gasteiger partial charge in [-0.3, -0.25) is 14.4 Å². The number of nitrogens with one attached hydrogen (secondary N) is 1. The molecule has 0 radical (unpaired) electrons. The molecule has 8 nitrogen and oxygen atoms in total. The van der Waals surface area contributed by atoms with Crippen LogP contribution < -0.4 is 10.9 Å². The zero-order valence-electron chi connectivity index (χ0n) is 15.5. The molecule has 0 aliphatic heterocycles. The third-order valence-corrected chi connectivity index (χ3v) is 4.66. The Morgan fingerprint density at radius 3 is 2.71 bits per heavy atom. The third kappa shape index (κ3) is 5.01. The van der Waals surface area contributed by atoms with Crippen molar-refractivity contribution < 1.29 is 14.3 Å². The molecule has 3 aromatic rings. The van der Waals surface area contributed by atoms with E-state index in [4.69, 9.17) is 4.74 Å². The van der Waals surface area contributed by atoms with Gasteiger partial charge in [-0.05, 0) is 18.1 Å². The molecule has 0 saturated carbocycles. The van der Waals surface area contributed by atoms with Gasteiger partial charge in [0.05, 0.1) is 5.69 Å². The minimum Gasteiger partial charge on any atom is -0.458 e. The molecule has 2 aromatic heterocycles. The Labute approximate surface area is 165 Å². The molecule has 0 aliphatic carbocycles. The highest BCUT2D eigenvalue weighted by atomic mass is 32.1. The fraction of sp³-hybridized carbons (Fsp3) is 0.316. The molecule has 0 saturated heterocycles. The van der Waals surface area contributed by atoms with Gasteiger partial charge in [-0.1, -0.05) is 43.4 Å². The lowest BCUT2D eigenvalue weighted by atomic mass is 10.1. The maximum atomic E-state index is 12.2. The molecule has 1 N–H and O–H groups in total. The standard InChI is InChI=1S/C19H20N4O4S/c1-12(2)8-15-22-23-16(24)9-14(21-19(23)28-15)11-27-17(25)10-20-18(26)13-6-4-3-5-7-13/h3-7,9,12H,8,10-11H2,1-2H3,(H,20,26). The lowest BCUT2D eigenvalue weighted by molar-refractivity contribution is -0.143. The molecule has 146 valence electrons. The Balaban J connectivity index is 1.57. The Morgan fingerprint density at radius 1 is 1.25 bits per heavy atom. The quantitative estimate of drug-likeness (QED) is 0.607. The van der Waals surface area contributed by atoms with E-state index in [0.29, 0.717) is 22.1 Å². The molecule has 3 rings (SSSR count). The number of nitrogens with zero attached hydrogens (tertiary/aromatic N) is 3. The molecule has 28 heavy (non-hydrogen) atoms. The fourth-order valence-corrected chi connectivity index (χ4v) is 3.58. The van der Waals surface area contributed by atoms with Gasteiger partial charge in [0.15, 0.2) is 0 Å². The monoisotopic (exact) mass is 400 g/mol. The van der Waals surface area contributed by atoms with Gasteiger partial charge in [-0.15, -0.1) is 0 Å². The fourth-order valence-electron chi connectivity index (χ4n) is 2.45. The summed E-state index contributed by atoms with van der Waals surface area (Å²) in [5, 5.41) is 7.59. The number of esters is 1. The number of hydrogen-bond acceptors (Lipinski definition) is 7. The van der Waals surface area contributed by atoms with Crippen molar-refractivity contribution in [3.05, 3.63) is 63.0 Å². The van der Waals surface area contributed by atoms with Crippen LogP contribution in [0.5, 0.6) is 0 Å². The van der Waals surface area contributed by atoms with Gasteiger partial charge in [0, 0.05) is 18.1 Å². The summed E-state index contributed by atoms with van der Waals surface area (Å²) in [6.07, 6.45) is 0.763. The number of carbonyl (C=O) groups is 2. The Morgan fingerprint density at radius 2 is 2.00 bits per heavy atom. The molecule has 0 aliphatic rings. The number of hydrogen-bond donors (Lipinski definition) is 1. The van der Waals surface area contributed by atoms with Crippen LogP contribution in [0.4, 0.5) is 0 Å². The summed E-state index contributed by atoms with van der Waals surface area (Å²) < 4.78 is 6.37. The normalized spacial score (nSPS) is 11.0. The van der Waals surface area contributed by atoms with Crippen LogP contribution in [0.15, 0.2) is 41.2 Å². The average molecular weight is 400 g/mol. The SMILES string of the molecule is CC(C)Cc1nn2c(=O)cc(COC(=O)CNC(=O)c3ccccc3)nc2s1. The highest BCUT2D eigenvalue weighted by molar-refractivity contribution is 7.16. The van der Waals surface area contributed by atoms with E-state index in [0.717, 1.165) is 11.4 Å². The molecule has 0 unspecified atom stereocenters. The maximum Gasteiger partial charge on any atom is 0.325 e. The van der Waals surface area contributed by atoms with E-state index >= 15 is 0 Å². The van der Waals surface area contributed by atoms with Crippen LogP contribution in [0.2, 0.25) is 0 Å². The van der Waals surface area contributed by atoms with Crippen molar-refractivity contribution in [2.24, 2.45) is 5.92 Å². The maximum absolute atomic E-state index is 12.2. The van der Waals surface area contributed by atoms with E-state index in [1.54, 1.807) is 30.3 Å². The summed E-state index contributed by atoms with van der Waals surface area (Å²) in [6, 6.07) is 9.86. The predicted molar refractivity (Wildman–Crippen MR) is 104 cm³/mol. The van der Waals surface area contributed by atoms with Crippen LogP contribution in [0, 0.1) is 5.92 Å². The predicted octanol–water partition coefficient (Wildman–Crippen LogP) is 1.82. The second kappa shape index (κ2) is 8.75. The van der Waals surface area contributed by atoms with Gasteiger partial charge in [0.1, 0.15) is 18.2 Å². The lowest BCUT2D eigenvalue weighted by Crippen LogP contribution is -2.30. The second-order valence-corrected chi connectivity index (χ2v) is 7.62. The molecule has 0 atom stereocenters. The number of carbonyl (C=O) groups excluding carboxylic acids is 2. The van der Waals surface area contributed by atoms with Crippen LogP contribution in [-0.2, 0) is 22.6 Å².